The standard InChI is InChI=1S/C22H26N6O3/c1-27(15-3-5-16(30-2)6-4-15)10-9-20(29)28-11-12-31-19(13-28)18-8-7-17-21(23)24-14-25-22(17)26-18/h3-8,14,19H,9-13H2,1-2H3,(H2,23,24,25,26)/t19-/m0/s1. The van der Waals surface area contributed by atoms with Crippen LogP contribution in [0.3, 0.4) is 0 Å². The summed E-state index contributed by atoms with van der Waals surface area (Å²) >= 11 is 0. The number of aromatic nitrogens is 3. The Morgan fingerprint density at radius 2 is 2.06 bits per heavy atom. The number of hydrogen-bond donors (Lipinski definition) is 1. The van der Waals surface area contributed by atoms with Crippen LogP contribution in [0.1, 0.15) is 18.2 Å². The van der Waals surface area contributed by atoms with Crippen LogP contribution in [0.25, 0.3) is 11.0 Å². The molecule has 31 heavy (non-hydrogen) atoms. The Hall–Kier alpha value is -3.46. The average molecular weight is 422 g/mol. The van der Waals surface area contributed by atoms with E-state index in [9.17, 15) is 4.79 Å². The van der Waals surface area contributed by atoms with Gasteiger partial charge in [0.25, 0.3) is 0 Å². The second kappa shape index (κ2) is 9.13. The summed E-state index contributed by atoms with van der Waals surface area (Å²) in [4.78, 5) is 29.5. The van der Waals surface area contributed by atoms with E-state index in [0.29, 0.717) is 49.5 Å². The minimum Gasteiger partial charge on any atom is -0.497 e. The maximum absolute atomic E-state index is 12.8. The molecule has 2 aromatic heterocycles. The number of pyridine rings is 1. The molecule has 1 aliphatic heterocycles. The van der Waals surface area contributed by atoms with Gasteiger partial charge < -0.3 is 25.0 Å². The molecule has 0 unspecified atom stereocenters. The maximum atomic E-state index is 12.8. The predicted octanol–water partition coefficient (Wildman–Crippen LogP) is 2.04. The number of amides is 1. The summed E-state index contributed by atoms with van der Waals surface area (Å²) in [6.45, 7) is 2.13. The van der Waals surface area contributed by atoms with Crippen LogP contribution in [-0.4, -0.2) is 66.2 Å². The molecule has 2 N–H and O–H groups in total. The molecular weight excluding hydrogens is 396 g/mol. The van der Waals surface area contributed by atoms with Gasteiger partial charge in [0, 0.05) is 32.2 Å². The lowest BCUT2D eigenvalue weighted by Gasteiger charge is -2.33. The first-order valence-electron chi connectivity index (χ1n) is 10.2. The van der Waals surface area contributed by atoms with E-state index in [1.807, 2.05) is 48.3 Å². The number of nitrogens with two attached hydrogens (primary N) is 1. The van der Waals surface area contributed by atoms with Crippen LogP contribution in [0.15, 0.2) is 42.7 Å². The smallest absolute Gasteiger partial charge is 0.224 e. The topological polar surface area (TPSA) is 107 Å². The average Bonchev–Trinajstić information content (AvgIpc) is 2.82. The molecule has 1 amide bonds. The predicted molar refractivity (Wildman–Crippen MR) is 118 cm³/mol. The number of hydrogen-bond acceptors (Lipinski definition) is 8. The monoisotopic (exact) mass is 422 g/mol. The summed E-state index contributed by atoms with van der Waals surface area (Å²) in [5.41, 5.74) is 8.17. The van der Waals surface area contributed by atoms with Gasteiger partial charge in [0.15, 0.2) is 5.65 Å². The molecule has 1 atom stereocenters. The van der Waals surface area contributed by atoms with E-state index in [2.05, 4.69) is 19.9 Å². The van der Waals surface area contributed by atoms with Crippen molar-refractivity contribution < 1.29 is 14.3 Å². The van der Waals surface area contributed by atoms with Gasteiger partial charge in [0.1, 0.15) is 24.0 Å². The molecule has 1 saturated heterocycles. The number of benzene rings is 1. The van der Waals surface area contributed by atoms with E-state index in [4.69, 9.17) is 15.2 Å². The highest BCUT2D eigenvalue weighted by Gasteiger charge is 2.26. The first kappa shape index (κ1) is 20.8. The Kier molecular flexibility index (Phi) is 6.13. The zero-order valence-corrected chi connectivity index (χ0v) is 17.7. The fraction of sp³-hybridized carbons (Fsp3) is 0.364. The van der Waals surface area contributed by atoms with Gasteiger partial charge in [-0.1, -0.05) is 0 Å². The summed E-state index contributed by atoms with van der Waals surface area (Å²) in [6, 6.07) is 11.5. The lowest BCUT2D eigenvalue weighted by molar-refractivity contribution is -0.138. The van der Waals surface area contributed by atoms with Crippen LogP contribution < -0.4 is 15.4 Å². The third-order valence-electron chi connectivity index (χ3n) is 5.47. The van der Waals surface area contributed by atoms with Gasteiger partial charge in [-0.05, 0) is 36.4 Å². The van der Waals surface area contributed by atoms with Gasteiger partial charge in [0.05, 0.1) is 31.3 Å². The molecule has 0 aliphatic carbocycles. The molecule has 1 fully saturated rings. The number of anilines is 2. The third-order valence-corrected chi connectivity index (χ3v) is 5.47. The van der Waals surface area contributed by atoms with Gasteiger partial charge in [-0.25, -0.2) is 15.0 Å². The molecular formula is C22H26N6O3. The summed E-state index contributed by atoms with van der Waals surface area (Å²) in [5, 5.41) is 0.705. The van der Waals surface area contributed by atoms with E-state index in [1.165, 1.54) is 6.33 Å². The first-order chi connectivity index (χ1) is 15.0. The number of rotatable bonds is 6. The van der Waals surface area contributed by atoms with Crippen LogP contribution >= 0.6 is 0 Å². The number of morpholine rings is 1. The Morgan fingerprint density at radius 1 is 1.26 bits per heavy atom. The number of fused-ring (bicyclic) bond motifs is 1. The summed E-state index contributed by atoms with van der Waals surface area (Å²) in [6.07, 6.45) is 1.52. The van der Waals surface area contributed by atoms with Gasteiger partial charge in [-0.2, -0.15) is 0 Å². The molecule has 1 aliphatic rings. The normalized spacial score (nSPS) is 16.3. The van der Waals surface area contributed by atoms with Crippen molar-refractivity contribution in [1.29, 1.82) is 0 Å². The van der Waals surface area contributed by atoms with Crippen molar-refractivity contribution >= 4 is 28.4 Å². The van der Waals surface area contributed by atoms with E-state index in [1.54, 1.807) is 7.11 Å². The molecule has 3 heterocycles. The molecule has 4 rings (SSSR count). The molecule has 3 aromatic rings. The van der Waals surface area contributed by atoms with Crippen molar-refractivity contribution in [2.24, 2.45) is 0 Å². The van der Waals surface area contributed by atoms with E-state index < -0.39 is 0 Å². The van der Waals surface area contributed by atoms with Crippen LogP contribution in [0.5, 0.6) is 5.75 Å². The Bertz CT molecular complexity index is 1060. The Balaban J connectivity index is 1.37. The zero-order valence-electron chi connectivity index (χ0n) is 17.7. The van der Waals surface area contributed by atoms with E-state index in [0.717, 1.165) is 17.1 Å². The SMILES string of the molecule is COc1ccc(N(C)CCC(=O)N2CCO[C@H](c3ccc4c(N)ncnc4n3)C2)cc1. The van der Waals surface area contributed by atoms with Gasteiger partial charge in [-0.3, -0.25) is 4.79 Å². The van der Waals surface area contributed by atoms with Crippen molar-refractivity contribution in [3.63, 3.8) is 0 Å². The molecule has 0 saturated carbocycles. The maximum Gasteiger partial charge on any atom is 0.224 e. The fourth-order valence-electron chi connectivity index (χ4n) is 3.60. The van der Waals surface area contributed by atoms with E-state index in [-0.39, 0.29) is 12.0 Å². The number of carbonyl (C=O) groups excluding carboxylic acids is 1. The van der Waals surface area contributed by atoms with E-state index >= 15 is 0 Å². The summed E-state index contributed by atoms with van der Waals surface area (Å²) < 4.78 is 11.1. The first-order valence-corrected chi connectivity index (χ1v) is 10.2. The molecule has 9 nitrogen and oxygen atoms in total. The molecule has 0 radical (unpaired) electrons. The number of ether oxygens (including phenoxy) is 2. The van der Waals surface area contributed by atoms with Gasteiger partial charge in [0.2, 0.25) is 5.91 Å². The highest BCUT2D eigenvalue weighted by Crippen LogP contribution is 2.24. The fourth-order valence-corrected chi connectivity index (χ4v) is 3.60. The molecule has 0 bridgehead atoms. The number of carbonyl (C=O) groups is 1. The Morgan fingerprint density at radius 3 is 2.84 bits per heavy atom. The molecule has 9 heteroatoms. The molecule has 162 valence electrons. The van der Waals surface area contributed by atoms with Gasteiger partial charge >= 0.3 is 0 Å². The lowest BCUT2D eigenvalue weighted by Crippen LogP contribution is -2.43. The van der Waals surface area contributed by atoms with Crippen molar-refractivity contribution in [3.8, 4) is 5.75 Å². The van der Waals surface area contributed by atoms with Crippen molar-refractivity contribution in [2.75, 3.05) is 51.0 Å². The molecule has 1 aromatic carbocycles. The minimum absolute atomic E-state index is 0.0982. The van der Waals surface area contributed by atoms with Crippen molar-refractivity contribution in [3.05, 3.63) is 48.4 Å². The van der Waals surface area contributed by atoms with Crippen molar-refractivity contribution in [1.82, 2.24) is 19.9 Å². The largest absolute Gasteiger partial charge is 0.497 e. The highest BCUT2D eigenvalue weighted by molar-refractivity contribution is 5.84. The zero-order chi connectivity index (χ0) is 21.8. The van der Waals surface area contributed by atoms with Crippen LogP contribution in [0.2, 0.25) is 0 Å². The molecule has 0 spiro atoms. The minimum atomic E-state index is -0.294. The second-order valence-corrected chi connectivity index (χ2v) is 7.43. The highest BCUT2D eigenvalue weighted by atomic mass is 16.5. The van der Waals surface area contributed by atoms with Crippen molar-refractivity contribution in [2.45, 2.75) is 12.5 Å². The number of methoxy groups -OCH3 is 1. The lowest BCUT2D eigenvalue weighted by atomic mass is 10.1. The number of nitrogen functional groups attached to an aromatic ring is 1. The van der Waals surface area contributed by atoms with Crippen LogP contribution in [0.4, 0.5) is 11.5 Å². The van der Waals surface area contributed by atoms with Gasteiger partial charge in [-0.15, -0.1) is 0 Å². The van der Waals surface area contributed by atoms with Crippen LogP contribution in [0, 0.1) is 0 Å². The summed E-state index contributed by atoms with van der Waals surface area (Å²) in [7, 11) is 3.62. The number of nitrogens with zero attached hydrogens (tertiary/aromatic N) is 5. The quantitative estimate of drug-likeness (QED) is 0.643. The van der Waals surface area contributed by atoms with Crippen LogP contribution in [-0.2, 0) is 9.53 Å². The Labute approximate surface area is 180 Å². The second-order valence-electron chi connectivity index (χ2n) is 7.43. The third kappa shape index (κ3) is 4.66. The summed E-state index contributed by atoms with van der Waals surface area (Å²) in [5.74, 6) is 1.30.